The number of hydrogen-bond donors (Lipinski definition) is 0. The van der Waals surface area contributed by atoms with E-state index in [2.05, 4.69) is 27.7 Å². The molecule has 0 aromatic rings. The molecule has 3 saturated carbocycles. The van der Waals surface area contributed by atoms with Crippen LogP contribution in [0, 0.1) is 34.0 Å². The Balaban J connectivity index is 1.78. The zero-order valence-electron chi connectivity index (χ0n) is 15.5. The first kappa shape index (κ1) is 16.1. The van der Waals surface area contributed by atoms with Gasteiger partial charge in [0.1, 0.15) is 6.29 Å². The second-order valence-corrected chi connectivity index (χ2v) is 10.3. The van der Waals surface area contributed by atoms with Crippen LogP contribution in [0.1, 0.15) is 79.1 Å². The SMILES string of the molecule is CC1(C)CCC[C@@]2(C=O)C1CC[C@]1(C)C2CC[C@]2(C)OCCC12. The number of fused-ring (bicyclic) bond motifs is 5. The minimum absolute atomic E-state index is 0.0569. The summed E-state index contributed by atoms with van der Waals surface area (Å²) in [5.41, 5.74) is 0.646. The topological polar surface area (TPSA) is 26.3 Å². The largest absolute Gasteiger partial charge is 0.375 e. The van der Waals surface area contributed by atoms with Crippen LogP contribution in [-0.4, -0.2) is 18.5 Å². The molecule has 0 N–H and O–H groups in total. The first-order valence-corrected chi connectivity index (χ1v) is 9.89. The first-order valence-electron chi connectivity index (χ1n) is 9.89. The van der Waals surface area contributed by atoms with Crippen LogP contribution in [0.2, 0.25) is 0 Å². The second-order valence-electron chi connectivity index (χ2n) is 10.3. The first-order chi connectivity index (χ1) is 10.8. The molecule has 0 bridgehead atoms. The molecule has 4 rings (SSSR count). The monoisotopic (exact) mass is 318 g/mol. The van der Waals surface area contributed by atoms with E-state index in [-0.39, 0.29) is 11.0 Å². The van der Waals surface area contributed by atoms with E-state index in [9.17, 15) is 4.79 Å². The van der Waals surface area contributed by atoms with Crippen molar-refractivity contribution < 1.29 is 9.53 Å². The van der Waals surface area contributed by atoms with Gasteiger partial charge >= 0.3 is 0 Å². The molecular weight excluding hydrogens is 284 g/mol. The summed E-state index contributed by atoms with van der Waals surface area (Å²) in [6.45, 7) is 10.6. The third-order valence-electron chi connectivity index (χ3n) is 8.96. The standard InChI is InChI=1S/C21H34O2/c1-18(2)9-5-10-21(14-22)15(18)6-11-19(3)16-8-13-23-20(16,4)12-7-17(19)21/h14-17H,5-13H2,1-4H3/t15?,16?,17?,19-,20-,21+/m0/s1. The second kappa shape index (κ2) is 4.84. The number of hydrogen-bond acceptors (Lipinski definition) is 2. The molecule has 0 spiro atoms. The quantitative estimate of drug-likeness (QED) is 0.636. The highest BCUT2D eigenvalue weighted by atomic mass is 16.5. The third kappa shape index (κ3) is 1.94. The number of carbonyl (C=O) groups is 1. The van der Waals surface area contributed by atoms with E-state index in [4.69, 9.17) is 4.74 Å². The summed E-state index contributed by atoms with van der Waals surface area (Å²) in [6.07, 6.45) is 11.2. The van der Waals surface area contributed by atoms with Crippen molar-refractivity contribution in [1.29, 1.82) is 0 Å². The van der Waals surface area contributed by atoms with E-state index in [0.29, 0.717) is 28.6 Å². The molecule has 3 aliphatic carbocycles. The lowest BCUT2D eigenvalue weighted by atomic mass is 9.38. The fourth-order valence-corrected chi connectivity index (χ4v) is 8.01. The van der Waals surface area contributed by atoms with Crippen molar-refractivity contribution in [1.82, 2.24) is 0 Å². The summed E-state index contributed by atoms with van der Waals surface area (Å²) in [7, 11) is 0. The Kier molecular flexibility index (Phi) is 3.39. The molecule has 2 nitrogen and oxygen atoms in total. The predicted octanol–water partition coefficient (Wildman–Crippen LogP) is 5.00. The van der Waals surface area contributed by atoms with Gasteiger partial charge in [-0.3, -0.25) is 0 Å². The van der Waals surface area contributed by atoms with E-state index in [1.807, 2.05) is 0 Å². The van der Waals surface area contributed by atoms with Crippen molar-refractivity contribution in [3.05, 3.63) is 0 Å². The lowest BCUT2D eigenvalue weighted by Gasteiger charge is -2.66. The van der Waals surface area contributed by atoms with E-state index < -0.39 is 0 Å². The van der Waals surface area contributed by atoms with Crippen LogP contribution in [0.25, 0.3) is 0 Å². The van der Waals surface area contributed by atoms with Gasteiger partial charge in [-0.15, -0.1) is 0 Å². The predicted molar refractivity (Wildman–Crippen MR) is 92.1 cm³/mol. The van der Waals surface area contributed by atoms with Crippen molar-refractivity contribution in [2.75, 3.05) is 6.61 Å². The molecule has 23 heavy (non-hydrogen) atoms. The molecule has 4 fully saturated rings. The van der Waals surface area contributed by atoms with Crippen molar-refractivity contribution in [3.8, 4) is 0 Å². The van der Waals surface area contributed by atoms with Gasteiger partial charge in [-0.1, -0.05) is 27.2 Å². The van der Waals surface area contributed by atoms with Crippen LogP contribution in [-0.2, 0) is 9.53 Å². The summed E-state index contributed by atoms with van der Waals surface area (Å²) in [5, 5.41) is 0. The molecule has 130 valence electrons. The van der Waals surface area contributed by atoms with Gasteiger partial charge in [-0.2, -0.15) is 0 Å². The van der Waals surface area contributed by atoms with Crippen molar-refractivity contribution in [3.63, 3.8) is 0 Å². The summed E-state index contributed by atoms with van der Waals surface area (Å²) in [4.78, 5) is 12.5. The number of carbonyl (C=O) groups excluding carboxylic acids is 1. The lowest BCUT2D eigenvalue weighted by Crippen LogP contribution is -2.63. The van der Waals surface area contributed by atoms with Crippen LogP contribution >= 0.6 is 0 Å². The van der Waals surface area contributed by atoms with E-state index in [0.717, 1.165) is 19.4 Å². The molecule has 0 amide bonds. The summed E-state index contributed by atoms with van der Waals surface area (Å²) >= 11 is 0. The summed E-state index contributed by atoms with van der Waals surface area (Å²) in [5.74, 6) is 1.81. The van der Waals surface area contributed by atoms with Gasteiger partial charge in [0.15, 0.2) is 0 Å². The maximum Gasteiger partial charge on any atom is 0.126 e. The van der Waals surface area contributed by atoms with Crippen molar-refractivity contribution in [2.45, 2.75) is 84.7 Å². The number of ether oxygens (including phenoxy) is 1. The van der Waals surface area contributed by atoms with Crippen LogP contribution in [0.3, 0.4) is 0 Å². The fraction of sp³-hybridized carbons (Fsp3) is 0.952. The van der Waals surface area contributed by atoms with E-state index in [1.54, 1.807) is 0 Å². The molecule has 0 radical (unpaired) electrons. The lowest BCUT2D eigenvalue weighted by molar-refractivity contribution is -0.197. The Morgan fingerprint density at radius 1 is 0.870 bits per heavy atom. The summed E-state index contributed by atoms with van der Waals surface area (Å²) in [6, 6.07) is 0. The Morgan fingerprint density at radius 3 is 2.35 bits per heavy atom. The highest BCUT2D eigenvalue weighted by Gasteiger charge is 2.66. The Morgan fingerprint density at radius 2 is 1.61 bits per heavy atom. The smallest absolute Gasteiger partial charge is 0.126 e. The molecule has 1 aliphatic heterocycles. The maximum absolute atomic E-state index is 12.5. The van der Waals surface area contributed by atoms with Crippen LogP contribution in [0.5, 0.6) is 0 Å². The molecular formula is C21H34O2. The van der Waals surface area contributed by atoms with Crippen LogP contribution in [0.4, 0.5) is 0 Å². The molecule has 0 aromatic heterocycles. The number of aldehydes is 1. The zero-order valence-corrected chi connectivity index (χ0v) is 15.5. The van der Waals surface area contributed by atoms with Gasteiger partial charge in [-0.25, -0.2) is 0 Å². The minimum Gasteiger partial charge on any atom is -0.375 e. The van der Waals surface area contributed by atoms with Crippen LogP contribution in [0.15, 0.2) is 0 Å². The van der Waals surface area contributed by atoms with Gasteiger partial charge in [0, 0.05) is 12.0 Å². The summed E-state index contributed by atoms with van der Waals surface area (Å²) < 4.78 is 6.21. The van der Waals surface area contributed by atoms with Gasteiger partial charge < -0.3 is 9.53 Å². The maximum atomic E-state index is 12.5. The minimum atomic E-state index is -0.0569. The van der Waals surface area contributed by atoms with Gasteiger partial charge in [0.2, 0.25) is 0 Å². The molecule has 2 heteroatoms. The fourth-order valence-electron chi connectivity index (χ4n) is 8.01. The van der Waals surface area contributed by atoms with Crippen LogP contribution < -0.4 is 0 Å². The third-order valence-corrected chi connectivity index (χ3v) is 8.96. The van der Waals surface area contributed by atoms with Gasteiger partial charge in [0.05, 0.1) is 5.60 Å². The highest BCUT2D eigenvalue weighted by molar-refractivity contribution is 5.62. The molecule has 4 aliphatic rings. The van der Waals surface area contributed by atoms with Gasteiger partial charge in [-0.05, 0) is 80.5 Å². The zero-order chi connectivity index (χ0) is 16.5. The van der Waals surface area contributed by atoms with E-state index in [1.165, 1.54) is 44.8 Å². The van der Waals surface area contributed by atoms with E-state index >= 15 is 0 Å². The molecule has 1 heterocycles. The number of rotatable bonds is 1. The molecule has 1 saturated heterocycles. The normalized spacial score (nSPS) is 54.7. The average molecular weight is 319 g/mol. The Labute approximate surface area is 141 Å². The van der Waals surface area contributed by atoms with Crippen molar-refractivity contribution in [2.24, 2.45) is 34.0 Å². The van der Waals surface area contributed by atoms with Crippen molar-refractivity contribution >= 4 is 6.29 Å². The molecule has 3 unspecified atom stereocenters. The molecule has 0 aromatic carbocycles. The highest BCUT2D eigenvalue weighted by Crippen LogP contribution is 2.70. The Bertz CT molecular complexity index is 512. The average Bonchev–Trinajstić information content (AvgIpc) is 2.89. The Hall–Kier alpha value is -0.370. The van der Waals surface area contributed by atoms with Gasteiger partial charge in [0.25, 0.3) is 0 Å². The molecule has 6 atom stereocenters.